The van der Waals surface area contributed by atoms with E-state index in [2.05, 4.69) is 66.1 Å². The second kappa shape index (κ2) is 6.75. The van der Waals surface area contributed by atoms with Crippen molar-refractivity contribution in [2.75, 3.05) is 6.54 Å². The molecular formula is C19H22N2O. The molecule has 3 nitrogen and oxygen atoms in total. The third kappa shape index (κ3) is 3.37. The van der Waals surface area contributed by atoms with Crippen molar-refractivity contribution >= 4 is 5.91 Å². The van der Waals surface area contributed by atoms with Crippen LogP contribution in [-0.2, 0) is 11.3 Å². The van der Waals surface area contributed by atoms with Crippen LogP contribution in [0.2, 0.25) is 0 Å². The second-order valence-electron chi connectivity index (χ2n) is 5.89. The van der Waals surface area contributed by atoms with Crippen LogP contribution in [0.25, 0.3) is 0 Å². The van der Waals surface area contributed by atoms with Gasteiger partial charge in [-0.25, -0.2) is 0 Å². The molecule has 1 amide bonds. The Morgan fingerprint density at radius 1 is 1.09 bits per heavy atom. The van der Waals surface area contributed by atoms with E-state index < -0.39 is 0 Å². The van der Waals surface area contributed by atoms with Crippen molar-refractivity contribution in [2.45, 2.75) is 31.8 Å². The highest BCUT2D eigenvalue weighted by atomic mass is 16.2. The number of amides is 1. The number of hydrogen-bond acceptors (Lipinski definition) is 2. The van der Waals surface area contributed by atoms with E-state index in [9.17, 15) is 4.79 Å². The quantitative estimate of drug-likeness (QED) is 0.890. The molecule has 0 saturated carbocycles. The molecule has 0 spiro atoms. The molecule has 3 rings (SSSR count). The summed E-state index contributed by atoms with van der Waals surface area (Å²) in [7, 11) is 0. The van der Waals surface area contributed by atoms with Gasteiger partial charge in [-0.15, -0.1) is 0 Å². The summed E-state index contributed by atoms with van der Waals surface area (Å²) in [5.41, 5.74) is 3.85. The van der Waals surface area contributed by atoms with Crippen molar-refractivity contribution in [1.29, 1.82) is 0 Å². The molecule has 2 unspecified atom stereocenters. The zero-order valence-electron chi connectivity index (χ0n) is 12.9. The third-order valence-corrected chi connectivity index (χ3v) is 4.38. The summed E-state index contributed by atoms with van der Waals surface area (Å²) in [6.07, 6.45) is 0.877. The summed E-state index contributed by atoms with van der Waals surface area (Å²) >= 11 is 0. The Morgan fingerprint density at radius 2 is 1.77 bits per heavy atom. The highest BCUT2D eigenvalue weighted by Crippen LogP contribution is 2.24. The molecule has 1 fully saturated rings. The van der Waals surface area contributed by atoms with Crippen LogP contribution in [0.15, 0.2) is 54.6 Å². The van der Waals surface area contributed by atoms with Crippen molar-refractivity contribution < 1.29 is 4.79 Å². The van der Waals surface area contributed by atoms with Crippen LogP contribution in [0.1, 0.15) is 36.0 Å². The smallest absolute Gasteiger partial charge is 0.237 e. The Hall–Kier alpha value is -2.13. The number of carbonyl (C=O) groups excluding carboxylic acids is 1. The fourth-order valence-corrected chi connectivity index (χ4v) is 2.89. The first-order valence-corrected chi connectivity index (χ1v) is 7.89. The van der Waals surface area contributed by atoms with Gasteiger partial charge in [0, 0.05) is 19.0 Å². The number of nitrogens with one attached hydrogen (secondary N) is 2. The molecule has 0 aromatic heterocycles. The van der Waals surface area contributed by atoms with Crippen LogP contribution in [0.5, 0.6) is 0 Å². The number of rotatable bonds is 5. The predicted molar refractivity (Wildman–Crippen MR) is 88.7 cm³/mol. The maximum Gasteiger partial charge on any atom is 0.237 e. The third-order valence-electron chi connectivity index (χ3n) is 4.38. The molecule has 2 atom stereocenters. The molecule has 22 heavy (non-hydrogen) atoms. The lowest BCUT2D eigenvalue weighted by Gasteiger charge is -2.14. The molecule has 114 valence electrons. The minimum atomic E-state index is -0.0390. The van der Waals surface area contributed by atoms with E-state index in [1.807, 2.05) is 6.07 Å². The van der Waals surface area contributed by atoms with Crippen LogP contribution < -0.4 is 10.6 Å². The largest absolute Gasteiger partial charge is 0.355 e. The first kappa shape index (κ1) is 14.8. The van der Waals surface area contributed by atoms with Crippen molar-refractivity contribution in [1.82, 2.24) is 10.6 Å². The molecule has 1 aliphatic heterocycles. The van der Waals surface area contributed by atoms with Gasteiger partial charge in [0.25, 0.3) is 0 Å². The maximum atomic E-state index is 11.5. The van der Waals surface area contributed by atoms with Gasteiger partial charge in [0.2, 0.25) is 5.91 Å². The Labute approximate surface area is 131 Å². The first-order valence-electron chi connectivity index (χ1n) is 7.89. The van der Waals surface area contributed by atoms with Crippen molar-refractivity contribution in [2.24, 2.45) is 0 Å². The lowest BCUT2D eigenvalue weighted by Crippen LogP contribution is -2.35. The molecule has 2 aromatic rings. The topological polar surface area (TPSA) is 41.1 Å². The van der Waals surface area contributed by atoms with Crippen LogP contribution in [0, 0.1) is 0 Å². The molecule has 0 aliphatic carbocycles. The molecule has 3 heteroatoms. The van der Waals surface area contributed by atoms with Gasteiger partial charge in [-0.1, -0.05) is 61.5 Å². The molecule has 1 aliphatic rings. The van der Waals surface area contributed by atoms with Gasteiger partial charge in [-0.3, -0.25) is 4.79 Å². The minimum absolute atomic E-state index is 0.0390. The lowest BCUT2D eigenvalue weighted by molar-refractivity contribution is -0.120. The van der Waals surface area contributed by atoms with Crippen molar-refractivity contribution in [3.8, 4) is 0 Å². The summed E-state index contributed by atoms with van der Waals surface area (Å²) in [5.74, 6) is 0.512. The summed E-state index contributed by atoms with van der Waals surface area (Å²) in [6.45, 7) is 3.74. The maximum absolute atomic E-state index is 11.5. The van der Waals surface area contributed by atoms with Crippen LogP contribution in [0.4, 0.5) is 0 Å². The molecule has 2 N–H and O–H groups in total. The van der Waals surface area contributed by atoms with Gasteiger partial charge in [0.1, 0.15) is 0 Å². The Bertz CT molecular complexity index is 622. The molecule has 0 bridgehead atoms. The zero-order chi connectivity index (χ0) is 15.4. The van der Waals surface area contributed by atoms with Gasteiger partial charge in [-0.05, 0) is 23.1 Å². The molecular weight excluding hydrogens is 272 g/mol. The Balaban J connectivity index is 1.61. The Kier molecular flexibility index (Phi) is 4.54. The summed E-state index contributed by atoms with van der Waals surface area (Å²) in [5, 5.41) is 6.16. The fraction of sp³-hybridized carbons (Fsp3) is 0.316. The fourth-order valence-electron chi connectivity index (χ4n) is 2.89. The normalized spacial score (nSPS) is 19.0. The summed E-state index contributed by atoms with van der Waals surface area (Å²) in [4.78, 5) is 11.5. The van der Waals surface area contributed by atoms with E-state index in [0.29, 0.717) is 5.92 Å². The molecule has 1 heterocycles. The van der Waals surface area contributed by atoms with Gasteiger partial charge in [-0.2, -0.15) is 0 Å². The number of benzene rings is 2. The van der Waals surface area contributed by atoms with E-state index in [0.717, 1.165) is 19.5 Å². The van der Waals surface area contributed by atoms with E-state index in [4.69, 9.17) is 0 Å². The Morgan fingerprint density at radius 3 is 2.41 bits per heavy atom. The average molecular weight is 294 g/mol. The molecule has 1 saturated heterocycles. The lowest BCUT2D eigenvalue weighted by atomic mass is 9.92. The number of carbonyl (C=O) groups is 1. The van der Waals surface area contributed by atoms with Crippen molar-refractivity contribution in [3.63, 3.8) is 0 Å². The SMILES string of the molecule is CC(c1ccccc1)c1ccc(CNC2CCNC2=O)cc1. The standard InChI is InChI=1S/C19H22N2O/c1-14(16-5-3-2-4-6-16)17-9-7-15(8-10-17)13-21-18-11-12-20-19(18)22/h2-10,14,18,21H,11-13H2,1H3,(H,20,22). The van der Waals surface area contributed by atoms with Crippen LogP contribution in [0.3, 0.4) is 0 Å². The van der Waals surface area contributed by atoms with E-state index in [-0.39, 0.29) is 11.9 Å². The van der Waals surface area contributed by atoms with Crippen LogP contribution in [-0.4, -0.2) is 18.5 Å². The predicted octanol–water partition coefficient (Wildman–Crippen LogP) is 2.82. The highest BCUT2D eigenvalue weighted by Gasteiger charge is 2.22. The van der Waals surface area contributed by atoms with Gasteiger partial charge in [0.05, 0.1) is 6.04 Å². The van der Waals surface area contributed by atoms with Gasteiger partial charge >= 0.3 is 0 Å². The van der Waals surface area contributed by atoms with E-state index >= 15 is 0 Å². The molecule has 2 aromatic carbocycles. The van der Waals surface area contributed by atoms with Crippen LogP contribution >= 0.6 is 0 Å². The van der Waals surface area contributed by atoms with Gasteiger partial charge in [0.15, 0.2) is 0 Å². The highest BCUT2D eigenvalue weighted by molar-refractivity contribution is 5.83. The monoisotopic (exact) mass is 294 g/mol. The number of hydrogen-bond donors (Lipinski definition) is 2. The minimum Gasteiger partial charge on any atom is -0.355 e. The zero-order valence-corrected chi connectivity index (χ0v) is 12.9. The van der Waals surface area contributed by atoms with Gasteiger partial charge < -0.3 is 10.6 Å². The van der Waals surface area contributed by atoms with E-state index in [1.165, 1.54) is 16.7 Å². The molecule has 0 radical (unpaired) electrons. The summed E-state index contributed by atoms with van der Waals surface area (Å²) in [6, 6.07) is 19.2. The average Bonchev–Trinajstić information content (AvgIpc) is 2.99. The van der Waals surface area contributed by atoms with E-state index in [1.54, 1.807) is 0 Å². The first-order chi connectivity index (χ1) is 10.7. The second-order valence-corrected chi connectivity index (χ2v) is 5.89. The summed E-state index contributed by atoms with van der Waals surface area (Å²) < 4.78 is 0. The van der Waals surface area contributed by atoms with Crippen molar-refractivity contribution in [3.05, 3.63) is 71.3 Å².